The normalized spacial score (nSPS) is 13.8. The number of furan rings is 1. The molecular formula is C14H18BrNOS. The summed E-state index contributed by atoms with van der Waals surface area (Å²) in [7, 11) is 1.96. The molecule has 2 nitrogen and oxygen atoms in total. The van der Waals surface area contributed by atoms with Crippen LogP contribution in [0.4, 0.5) is 0 Å². The van der Waals surface area contributed by atoms with Gasteiger partial charge in [-0.3, -0.25) is 0 Å². The maximum atomic E-state index is 5.65. The Morgan fingerprint density at radius 3 is 2.39 bits per heavy atom. The van der Waals surface area contributed by atoms with Crippen LogP contribution in [0.25, 0.3) is 0 Å². The fraction of sp³-hybridized carbons (Fsp3) is 0.429. The maximum absolute atomic E-state index is 5.65. The second kappa shape index (κ2) is 5.19. The van der Waals surface area contributed by atoms with E-state index in [0.29, 0.717) is 0 Å². The monoisotopic (exact) mass is 327 g/mol. The molecule has 4 heteroatoms. The van der Waals surface area contributed by atoms with Crippen LogP contribution in [0.1, 0.15) is 42.3 Å². The van der Waals surface area contributed by atoms with E-state index in [2.05, 4.69) is 54.2 Å². The standard InChI is InChI=1S/C14H18BrNOS/c1-14(2,3)11-7-6-10(18-11)13(16-4)9-5-8-12(15)17-9/h5-8,13,16H,1-4H3. The summed E-state index contributed by atoms with van der Waals surface area (Å²) in [6.45, 7) is 6.71. The largest absolute Gasteiger partial charge is 0.452 e. The molecule has 0 fully saturated rings. The van der Waals surface area contributed by atoms with E-state index in [4.69, 9.17) is 4.42 Å². The van der Waals surface area contributed by atoms with Crippen molar-refractivity contribution in [2.45, 2.75) is 32.2 Å². The second-order valence-corrected chi connectivity index (χ2v) is 7.21. The van der Waals surface area contributed by atoms with Crippen LogP contribution < -0.4 is 5.32 Å². The molecule has 0 aromatic carbocycles. The van der Waals surface area contributed by atoms with E-state index in [-0.39, 0.29) is 11.5 Å². The smallest absolute Gasteiger partial charge is 0.169 e. The summed E-state index contributed by atoms with van der Waals surface area (Å²) in [6.07, 6.45) is 0. The quantitative estimate of drug-likeness (QED) is 0.883. The molecule has 1 atom stereocenters. The topological polar surface area (TPSA) is 25.2 Å². The summed E-state index contributed by atoms with van der Waals surface area (Å²) in [5, 5.41) is 3.31. The lowest BCUT2D eigenvalue weighted by Crippen LogP contribution is -2.15. The highest BCUT2D eigenvalue weighted by Crippen LogP contribution is 2.35. The van der Waals surface area contributed by atoms with Gasteiger partial charge in [0.15, 0.2) is 4.67 Å². The Hall–Kier alpha value is -0.580. The van der Waals surface area contributed by atoms with Crippen molar-refractivity contribution in [2.24, 2.45) is 0 Å². The van der Waals surface area contributed by atoms with Crippen LogP contribution in [0.5, 0.6) is 0 Å². The van der Waals surface area contributed by atoms with Crippen LogP contribution in [0.3, 0.4) is 0 Å². The molecule has 1 unspecified atom stereocenters. The molecule has 0 amide bonds. The van der Waals surface area contributed by atoms with Crippen molar-refractivity contribution < 1.29 is 4.42 Å². The minimum Gasteiger partial charge on any atom is -0.452 e. The van der Waals surface area contributed by atoms with Gasteiger partial charge < -0.3 is 9.73 Å². The van der Waals surface area contributed by atoms with Crippen molar-refractivity contribution in [3.8, 4) is 0 Å². The van der Waals surface area contributed by atoms with Gasteiger partial charge in [-0.15, -0.1) is 11.3 Å². The van der Waals surface area contributed by atoms with Crippen LogP contribution in [0.15, 0.2) is 33.4 Å². The summed E-state index contributed by atoms with van der Waals surface area (Å²) >= 11 is 5.19. The number of halogens is 1. The molecule has 0 aliphatic rings. The van der Waals surface area contributed by atoms with Gasteiger partial charge in [0.2, 0.25) is 0 Å². The zero-order chi connectivity index (χ0) is 13.3. The molecule has 2 rings (SSSR count). The molecule has 2 aromatic rings. The molecular weight excluding hydrogens is 310 g/mol. The van der Waals surface area contributed by atoms with E-state index in [1.165, 1.54) is 9.75 Å². The molecule has 0 radical (unpaired) electrons. The summed E-state index contributed by atoms with van der Waals surface area (Å²) in [5.41, 5.74) is 0.199. The Labute approximate surface area is 121 Å². The van der Waals surface area contributed by atoms with E-state index in [1.807, 2.05) is 30.5 Å². The highest BCUT2D eigenvalue weighted by molar-refractivity contribution is 9.10. The molecule has 0 bridgehead atoms. The molecule has 18 heavy (non-hydrogen) atoms. The van der Waals surface area contributed by atoms with Gasteiger partial charge in [0, 0.05) is 9.75 Å². The fourth-order valence-corrected chi connectivity index (χ4v) is 3.32. The Bertz CT molecular complexity index is 524. The van der Waals surface area contributed by atoms with Gasteiger partial charge in [-0.2, -0.15) is 0 Å². The first-order chi connectivity index (χ1) is 8.41. The van der Waals surface area contributed by atoms with Gasteiger partial charge in [-0.05, 0) is 52.7 Å². The molecule has 0 aliphatic heterocycles. The van der Waals surface area contributed by atoms with Crippen molar-refractivity contribution >= 4 is 27.3 Å². The third kappa shape index (κ3) is 2.87. The van der Waals surface area contributed by atoms with Gasteiger partial charge in [-0.1, -0.05) is 20.8 Å². The van der Waals surface area contributed by atoms with E-state index in [0.717, 1.165) is 10.4 Å². The number of hydrogen-bond donors (Lipinski definition) is 1. The van der Waals surface area contributed by atoms with E-state index in [9.17, 15) is 0 Å². The van der Waals surface area contributed by atoms with Crippen molar-refractivity contribution in [3.63, 3.8) is 0 Å². The lowest BCUT2D eigenvalue weighted by Gasteiger charge is -2.16. The number of thiophene rings is 1. The van der Waals surface area contributed by atoms with Crippen LogP contribution in [-0.2, 0) is 5.41 Å². The molecule has 98 valence electrons. The first-order valence-corrected chi connectivity index (χ1v) is 7.55. The molecule has 0 saturated heterocycles. The van der Waals surface area contributed by atoms with Gasteiger partial charge in [0.1, 0.15) is 11.8 Å². The van der Waals surface area contributed by atoms with Crippen LogP contribution in [0.2, 0.25) is 0 Å². The van der Waals surface area contributed by atoms with Crippen LogP contribution >= 0.6 is 27.3 Å². The molecule has 2 aromatic heterocycles. The molecule has 1 N–H and O–H groups in total. The third-order valence-electron chi connectivity index (χ3n) is 2.82. The number of hydrogen-bond acceptors (Lipinski definition) is 3. The molecule has 0 saturated carbocycles. The summed E-state index contributed by atoms with van der Waals surface area (Å²) in [6, 6.07) is 8.45. The predicted molar refractivity (Wildman–Crippen MR) is 80.3 cm³/mol. The first kappa shape index (κ1) is 13.8. The lowest BCUT2D eigenvalue weighted by atomic mass is 9.95. The average molecular weight is 328 g/mol. The highest BCUT2D eigenvalue weighted by Gasteiger charge is 2.21. The molecule has 0 aliphatic carbocycles. The summed E-state index contributed by atoms with van der Waals surface area (Å²) in [5.74, 6) is 0.937. The van der Waals surface area contributed by atoms with Crippen LogP contribution in [-0.4, -0.2) is 7.05 Å². The fourth-order valence-electron chi connectivity index (χ4n) is 1.82. The van der Waals surface area contributed by atoms with Gasteiger partial charge >= 0.3 is 0 Å². The average Bonchev–Trinajstić information content (AvgIpc) is 2.88. The molecule has 0 spiro atoms. The SMILES string of the molecule is CNC(c1ccc(Br)o1)c1ccc(C(C)(C)C)s1. The van der Waals surface area contributed by atoms with E-state index in [1.54, 1.807) is 0 Å². The van der Waals surface area contributed by atoms with E-state index < -0.39 is 0 Å². The first-order valence-electron chi connectivity index (χ1n) is 5.94. The zero-order valence-electron chi connectivity index (χ0n) is 11.1. The van der Waals surface area contributed by atoms with Crippen molar-refractivity contribution in [3.05, 3.63) is 44.4 Å². The second-order valence-electron chi connectivity index (χ2n) is 5.32. The minimum atomic E-state index is 0.123. The van der Waals surface area contributed by atoms with Gasteiger partial charge in [-0.25, -0.2) is 0 Å². The van der Waals surface area contributed by atoms with Crippen molar-refractivity contribution in [1.29, 1.82) is 0 Å². The minimum absolute atomic E-state index is 0.123. The zero-order valence-corrected chi connectivity index (χ0v) is 13.5. The van der Waals surface area contributed by atoms with E-state index >= 15 is 0 Å². The Morgan fingerprint density at radius 2 is 1.94 bits per heavy atom. The number of rotatable bonds is 3. The summed E-state index contributed by atoms with van der Waals surface area (Å²) < 4.78 is 6.42. The van der Waals surface area contributed by atoms with Crippen molar-refractivity contribution in [1.82, 2.24) is 5.32 Å². The third-order valence-corrected chi connectivity index (χ3v) is 4.82. The van der Waals surface area contributed by atoms with Gasteiger partial charge in [0.05, 0.1) is 0 Å². The Balaban J connectivity index is 2.31. The maximum Gasteiger partial charge on any atom is 0.169 e. The highest BCUT2D eigenvalue weighted by atomic mass is 79.9. The van der Waals surface area contributed by atoms with Crippen LogP contribution in [0, 0.1) is 0 Å². The number of nitrogens with one attached hydrogen (secondary N) is 1. The van der Waals surface area contributed by atoms with Gasteiger partial charge in [0.25, 0.3) is 0 Å². The molecule has 2 heterocycles. The lowest BCUT2D eigenvalue weighted by molar-refractivity contribution is 0.449. The Morgan fingerprint density at radius 1 is 1.22 bits per heavy atom. The predicted octanol–water partition coefficient (Wildman–Crippen LogP) is 4.71. The van der Waals surface area contributed by atoms with Crippen molar-refractivity contribution in [2.75, 3.05) is 7.05 Å². The summed E-state index contributed by atoms with van der Waals surface area (Å²) in [4.78, 5) is 2.67. The Kier molecular flexibility index (Phi) is 3.99.